The predicted molar refractivity (Wildman–Crippen MR) is 159 cm³/mol. The Morgan fingerprint density at radius 3 is 2.52 bits per heavy atom. The first-order valence-electron chi connectivity index (χ1n) is 14.4. The molecule has 0 bridgehead atoms. The number of amides is 1. The van der Waals surface area contributed by atoms with E-state index in [1.54, 1.807) is 6.08 Å². The molecular weight excluding hydrogens is 507 g/mol. The lowest BCUT2D eigenvalue weighted by atomic mass is 9.87. The second-order valence-electron chi connectivity index (χ2n) is 10.3. The van der Waals surface area contributed by atoms with Crippen molar-refractivity contribution in [3.63, 3.8) is 0 Å². The van der Waals surface area contributed by atoms with Gasteiger partial charge in [0.25, 0.3) is 0 Å². The summed E-state index contributed by atoms with van der Waals surface area (Å²) in [7, 11) is 0. The molecule has 0 aliphatic carbocycles. The number of likely N-dealkylation sites (tertiary alicyclic amines) is 1. The number of hydrogen-bond acceptors (Lipinski definition) is 6. The summed E-state index contributed by atoms with van der Waals surface area (Å²) in [4.78, 5) is 15.4. The van der Waals surface area contributed by atoms with Crippen LogP contribution in [0, 0.1) is 11.8 Å². The minimum atomic E-state index is -1.33. The topological polar surface area (TPSA) is 96.9 Å². The van der Waals surface area contributed by atoms with E-state index in [9.17, 15) is 19.4 Å². The molecular formula is C32H45FN4O3. The molecule has 7 nitrogen and oxygen atoms in total. The van der Waals surface area contributed by atoms with E-state index in [0.29, 0.717) is 32.0 Å². The van der Waals surface area contributed by atoms with Crippen molar-refractivity contribution in [2.24, 2.45) is 11.8 Å². The average Bonchev–Trinajstić information content (AvgIpc) is 2.97. The summed E-state index contributed by atoms with van der Waals surface area (Å²) in [5.41, 5.74) is 4.75. The van der Waals surface area contributed by atoms with Gasteiger partial charge in [0.2, 0.25) is 5.91 Å². The molecule has 1 fully saturated rings. The molecule has 0 saturated carbocycles. The van der Waals surface area contributed by atoms with Gasteiger partial charge in [-0.25, -0.2) is 4.39 Å². The molecule has 1 aromatic carbocycles. The van der Waals surface area contributed by atoms with Gasteiger partial charge in [-0.15, -0.1) is 0 Å². The molecule has 1 saturated heterocycles. The first-order valence-corrected chi connectivity index (χ1v) is 14.4. The summed E-state index contributed by atoms with van der Waals surface area (Å²) in [5, 5.41) is 28.8. The minimum Gasteiger partial charge on any atom is -0.370 e. The normalized spacial score (nSPS) is 19.9. The molecule has 1 unspecified atom stereocenters. The summed E-state index contributed by atoms with van der Waals surface area (Å²) >= 11 is 0. The SMILES string of the molecule is C/C=C1/NC(c2ccccc2)=C(NCCCC(O)O)N/C1=C/C(C)C(=O)N1CCC(C(/C=C\CF)=C/CC)CC1. The van der Waals surface area contributed by atoms with Gasteiger partial charge in [-0.3, -0.25) is 4.79 Å². The fraction of sp³-hybridized carbons (Fsp3) is 0.469. The van der Waals surface area contributed by atoms with Gasteiger partial charge in [0, 0.05) is 25.2 Å². The van der Waals surface area contributed by atoms with E-state index in [1.807, 2.05) is 67.3 Å². The van der Waals surface area contributed by atoms with Crippen molar-refractivity contribution in [2.75, 3.05) is 26.3 Å². The van der Waals surface area contributed by atoms with Crippen molar-refractivity contribution in [1.29, 1.82) is 0 Å². The zero-order valence-corrected chi connectivity index (χ0v) is 24.0. The third-order valence-corrected chi connectivity index (χ3v) is 7.27. The molecule has 1 atom stereocenters. The maximum atomic E-state index is 13.4. The average molecular weight is 553 g/mol. The largest absolute Gasteiger partial charge is 0.370 e. The van der Waals surface area contributed by atoms with Crippen molar-refractivity contribution >= 4 is 11.6 Å². The summed E-state index contributed by atoms with van der Waals surface area (Å²) in [6.45, 7) is 7.42. The Morgan fingerprint density at radius 2 is 1.90 bits per heavy atom. The van der Waals surface area contributed by atoms with Crippen molar-refractivity contribution in [1.82, 2.24) is 20.9 Å². The van der Waals surface area contributed by atoms with Gasteiger partial charge in [-0.1, -0.05) is 68.5 Å². The second kappa shape index (κ2) is 16.0. The van der Waals surface area contributed by atoms with Crippen LogP contribution in [0.3, 0.4) is 0 Å². The van der Waals surface area contributed by atoms with Crippen molar-refractivity contribution in [2.45, 2.75) is 59.2 Å². The number of carbonyl (C=O) groups excluding carboxylic acids is 1. The van der Waals surface area contributed by atoms with Gasteiger partial charge < -0.3 is 31.1 Å². The molecule has 2 aliphatic rings. The number of nitrogens with zero attached hydrogens (tertiary/aromatic N) is 1. The van der Waals surface area contributed by atoms with Crippen LogP contribution in [-0.4, -0.2) is 53.6 Å². The zero-order valence-electron chi connectivity index (χ0n) is 24.0. The Balaban J connectivity index is 1.73. The van der Waals surface area contributed by atoms with Crippen LogP contribution in [0.1, 0.15) is 58.4 Å². The Kier molecular flexibility index (Phi) is 12.5. The van der Waals surface area contributed by atoms with Crippen molar-refractivity contribution in [3.05, 3.63) is 89.1 Å². The summed E-state index contributed by atoms with van der Waals surface area (Å²) in [6.07, 6.45) is 11.8. The highest BCUT2D eigenvalue weighted by Gasteiger charge is 2.28. The van der Waals surface area contributed by atoms with E-state index < -0.39 is 13.0 Å². The van der Waals surface area contributed by atoms with E-state index >= 15 is 0 Å². The van der Waals surface area contributed by atoms with Gasteiger partial charge in [0.1, 0.15) is 12.5 Å². The monoisotopic (exact) mass is 552 g/mol. The molecule has 0 radical (unpaired) electrons. The summed E-state index contributed by atoms with van der Waals surface area (Å²) < 4.78 is 12.7. The molecule has 218 valence electrons. The molecule has 8 heteroatoms. The summed E-state index contributed by atoms with van der Waals surface area (Å²) in [6, 6.07) is 9.97. The van der Waals surface area contributed by atoms with Gasteiger partial charge in [0.15, 0.2) is 6.29 Å². The van der Waals surface area contributed by atoms with E-state index in [-0.39, 0.29) is 18.2 Å². The maximum Gasteiger partial charge on any atom is 0.229 e. The molecule has 0 aromatic heterocycles. The van der Waals surface area contributed by atoms with Crippen LogP contribution < -0.4 is 16.0 Å². The van der Waals surface area contributed by atoms with E-state index in [1.165, 1.54) is 5.57 Å². The number of rotatable bonds is 12. The molecule has 2 heterocycles. The summed E-state index contributed by atoms with van der Waals surface area (Å²) in [5.74, 6) is 0.874. The highest BCUT2D eigenvalue weighted by molar-refractivity contribution is 5.81. The highest BCUT2D eigenvalue weighted by Crippen LogP contribution is 2.28. The van der Waals surface area contributed by atoms with E-state index in [2.05, 4.69) is 29.0 Å². The van der Waals surface area contributed by atoms with Gasteiger partial charge in [0.05, 0.1) is 23.0 Å². The van der Waals surface area contributed by atoms with Crippen LogP contribution in [0.4, 0.5) is 4.39 Å². The van der Waals surface area contributed by atoms with Crippen molar-refractivity contribution in [3.8, 4) is 0 Å². The van der Waals surface area contributed by atoms with Crippen LogP contribution >= 0.6 is 0 Å². The molecule has 1 amide bonds. The lowest BCUT2D eigenvalue weighted by Gasteiger charge is -2.34. The fourth-order valence-corrected chi connectivity index (χ4v) is 5.17. The van der Waals surface area contributed by atoms with Gasteiger partial charge in [-0.05, 0) is 56.6 Å². The van der Waals surface area contributed by atoms with Gasteiger partial charge >= 0.3 is 0 Å². The number of piperidine rings is 1. The van der Waals surface area contributed by atoms with E-state index in [4.69, 9.17) is 0 Å². The highest BCUT2D eigenvalue weighted by atomic mass is 19.1. The van der Waals surface area contributed by atoms with Crippen molar-refractivity contribution < 1.29 is 19.4 Å². The number of aliphatic hydroxyl groups excluding tert-OH is 1. The molecule has 0 spiro atoms. The Labute approximate surface area is 238 Å². The first-order chi connectivity index (χ1) is 19.4. The minimum absolute atomic E-state index is 0.0906. The van der Waals surface area contributed by atoms with Crippen LogP contribution in [0.15, 0.2) is 83.5 Å². The zero-order chi connectivity index (χ0) is 28.9. The van der Waals surface area contributed by atoms with Gasteiger partial charge in [-0.2, -0.15) is 0 Å². The molecule has 3 rings (SSSR count). The Morgan fingerprint density at radius 1 is 1.18 bits per heavy atom. The van der Waals surface area contributed by atoms with Crippen LogP contribution in [0.5, 0.6) is 0 Å². The quantitative estimate of drug-likeness (QED) is 0.146. The number of benzene rings is 1. The molecule has 40 heavy (non-hydrogen) atoms. The predicted octanol–water partition coefficient (Wildman–Crippen LogP) is 4.71. The lowest BCUT2D eigenvalue weighted by Crippen LogP contribution is -2.42. The number of hydrogen-bond donors (Lipinski definition) is 5. The number of nitrogens with one attached hydrogen (secondary N) is 3. The second-order valence-corrected chi connectivity index (χ2v) is 10.3. The first kappa shape index (κ1) is 31.2. The number of aliphatic hydroxyl groups is 2. The van der Waals surface area contributed by atoms with Crippen LogP contribution in [0.2, 0.25) is 0 Å². The smallest absolute Gasteiger partial charge is 0.229 e. The third kappa shape index (κ3) is 8.83. The Hall–Kier alpha value is -3.36. The fourth-order valence-electron chi connectivity index (χ4n) is 5.17. The van der Waals surface area contributed by atoms with Crippen LogP contribution in [-0.2, 0) is 4.79 Å². The number of carbonyl (C=O) groups is 1. The maximum absolute atomic E-state index is 13.4. The number of halogens is 1. The van der Waals surface area contributed by atoms with E-state index in [0.717, 1.165) is 47.7 Å². The third-order valence-electron chi connectivity index (χ3n) is 7.27. The molecule has 5 N–H and O–H groups in total. The lowest BCUT2D eigenvalue weighted by molar-refractivity contribution is -0.134. The molecule has 1 aromatic rings. The number of allylic oxidation sites excluding steroid dienone is 5. The Bertz CT molecular complexity index is 1120. The molecule has 2 aliphatic heterocycles. The number of alkyl halides is 1. The van der Waals surface area contributed by atoms with Crippen LogP contribution in [0.25, 0.3) is 5.70 Å². The standard InChI is InChI=1S/C32H45FN4O3/c1-4-11-24(14-9-18-33)25-16-20-37(21-17-25)32(40)23(3)22-28-27(5-2)35-30(26-12-7-6-8-13-26)31(36-28)34-19-10-15-29(38)39/h5-9,11-14,22-23,25,29,34-36,38-39H,4,10,15-21H2,1-3H3/b14-9-,24-11+,27-5+,28-22+.